The minimum Gasteiger partial charge on any atom is -0.495 e. The Hall–Kier alpha value is -3.94. The molecular formula is C28H30FN5O2. The predicted octanol–water partition coefficient (Wildman–Crippen LogP) is 4.80. The van der Waals surface area contributed by atoms with Gasteiger partial charge in [-0.15, -0.1) is 0 Å². The molecule has 3 heterocycles. The van der Waals surface area contributed by atoms with Crippen molar-refractivity contribution in [3.8, 4) is 17.0 Å². The summed E-state index contributed by atoms with van der Waals surface area (Å²) < 4.78 is 20.9. The molecule has 36 heavy (non-hydrogen) atoms. The fourth-order valence-electron chi connectivity index (χ4n) is 4.48. The minimum absolute atomic E-state index is 0.126. The van der Waals surface area contributed by atoms with Gasteiger partial charge in [0.1, 0.15) is 17.3 Å². The predicted molar refractivity (Wildman–Crippen MR) is 138 cm³/mol. The number of nitrogens with zero attached hydrogens (tertiary/aromatic N) is 5. The molecule has 4 aromatic rings. The van der Waals surface area contributed by atoms with Crippen LogP contribution < -0.4 is 9.64 Å². The molecule has 0 unspecified atom stereocenters. The van der Waals surface area contributed by atoms with Crippen LogP contribution in [-0.2, 0) is 5.41 Å². The van der Waals surface area contributed by atoms with Crippen molar-refractivity contribution >= 4 is 17.2 Å². The summed E-state index contributed by atoms with van der Waals surface area (Å²) in [5, 5.41) is 4.77. The van der Waals surface area contributed by atoms with E-state index in [1.165, 1.54) is 12.1 Å². The third-order valence-electron chi connectivity index (χ3n) is 6.55. The summed E-state index contributed by atoms with van der Waals surface area (Å²) in [6, 6.07) is 17.8. The summed E-state index contributed by atoms with van der Waals surface area (Å²) in [7, 11) is 1.67. The topological polar surface area (TPSA) is 63.0 Å². The van der Waals surface area contributed by atoms with Gasteiger partial charge in [0, 0.05) is 43.2 Å². The Kier molecular flexibility index (Phi) is 6.12. The van der Waals surface area contributed by atoms with Crippen molar-refractivity contribution < 1.29 is 13.9 Å². The number of aromatic nitrogens is 3. The number of amides is 1. The molecule has 1 amide bonds. The van der Waals surface area contributed by atoms with Crippen LogP contribution in [0.3, 0.4) is 0 Å². The Balaban J connectivity index is 1.46. The lowest BCUT2D eigenvalue weighted by Crippen LogP contribution is -2.49. The van der Waals surface area contributed by atoms with Gasteiger partial charge < -0.3 is 14.5 Å². The van der Waals surface area contributed by atoms with Crippen LogP contribution in [0.15, 0.2) is 60.7 Å². The molecule has 0 aliphatic carbocycles. The summed E-state index contributed by atoms with van der Waals surface area (Å²) in [5.41, 5.74) is 4.12. The molecule has 1 aliphatic rings. The number of carbonyl (C=O) groups excluding carboxylic acids is 1. The highest BCUT2D eigenvalue weighted by atomic mass is 19.1. The summed E-state index contributed by atoms with van der Waals surface area (Å²) >= 11 is 0. The van der Waals surface area contributed by atoms with E-state index in [1.54, 1.807) is 29.8 Å². The van der Waals surface area contributed by atoms with E-state index in [2.05, 4.69) is 25.7 Å². The van der Waals surface area contributed by atoms with Crippen LogP contribution in [0.5, 0.6) is 5.75 Å². The SMILES string of the molecule is COc1ccccc1N1CCN(C(=O)c2cc(-c3ccc(F)cc3)n3nc(C(C)(C)C)cc3n2)CC1. The standard InChI is InChI=1S/C28H30FN5O2/c1-28(2,3)25-18-26-30-21(17-23(34(26)31-25)19-9-11-20(29)12-10-19)27(35)33-15-13-32(14-16-33)22-7-5-6-8-24(22)36-4/h5-12,17-18H,13-16H2,1-4H3. The number of anilines is 1. The molecule has 186 valence electrons. The summed E-state index contributed by atoms with van der Waals surface area (Å²) in [5.74, 6) is 0.381. The van der Waals surface area contributed by atoms with E-state index in [0.29, 0.717) is 43.2 Å². The largest absolute Gasteiger partial charge is 0.495 e. The summed E-state index contributed by atoms with van der Waals surface area (Å²) in [6.45, 7) is 8.78. The lowest BCUT2D eigenvalue weighted by molar-refractivity contribution is 0.0741. The highest BCUT2D eigenvalue weighted by Crippen LogP contribution is 2.30. The van der Waals surface area contributed by atoms with E-state index in [4.69, 9.17) is 14.8 Å². The van der Waals surface area contributed by atoms with Crippen molar-refractivity contribution in [2.45, 2.75) is 26.2 Å². The second kappa shape index (κ2) is 9.26. The highest BCUT2D eigenvalue weighted by Gasteiger charge is 2.27. The number of rotatable bonds is 4. The van der Waals surface area contributed by atoms with Gasteiger partial charge in [-0.1, -0.05) is 32.9 Å². The number of fused-ring (bicyclic) bond motifs is 1. The quantitative estimate of drug-likeness (QED) is 0.414. The van der Waals surface area contributed by atoms with Gasteiger partial charge in [0.25, 0.3) is 5.91 Å². The molecule has 2 aromatic carbocycles. The first-order valence-corrected chi connectivity index (χ1v) is 12.1. The molecule has 1 fully saturated rings. The van der Waals surface area contributed by atoms with Crippen LogP contribution in [0, 0.1) is 5.82 Å². The molecule has 5 rings (SSSR count). The van der Waals surface area contributed by atoms with Crippen LogP contribution in [0.2, 0.25) is 0 Å². The zero-order valence-corrected chi connectivity index (χ0v) is 21.0. The van der Waals surface area contributed by atoms with Crippen molar-refractivity contribution in [1.82, 2.24) is 19.5 Å². The fourth-order valence-corrected chi connectivity index (χ4v) is 4.48. The third-order valence-corrected chi connectivity index (χ3v) is 6.55. The maximum atomic E-state index is 13.6. The molecule has 0 saturated carbocycles. The number of para-hydroxylation sites is 2. The van der Waals surface area contributed by atoms with Crippen LogP contribution in [0.25, 0.3) is 16.9 Å². The van der Waals surface area contributed by atoms with Gasteiger partial charge in [-0.05, 0) is 42.5 Å². The molecule has 2 aromatic heterocycles. The monoisotopic (exact) mass is 487 g/mol. The van der Waals surface area contributed by atoms with Gasteiger partial charge in [0.05, 0.1) is 24.2 Å². The van der Waals surface area contributed by atoms with E-state index in [1.807, 2.05) is 35.2 Å². The minimum atomic E-state index is -0.316. The van der Waals surface area contributed by atoms with Crippen molar-refractivity contribution in [3.63, 3.8) is 0 Å². The van der Waals surface area contributed by atoms with Crippen molar-refractivity contribution in [1.29, 1.82) is 0 Å². The molecule has 1 saturated heterocycles. The average Bonchev–Trinajstić information content (AvgIpc) is 3.33. The second-order valence-electron chi connectivity index (χ2n) is 10.0. The van der Waals surface area contributed by atoms with E-state index >= 15 is 0 Å². The Morgan fingerprint density at radius 2 is 1.67 bits per heavy atom. The second-order valence-corrected chi connectivity index (χ2v) is 10.0. The third kappa shape index (κ3) is 4.51. The Morgan fingerprint density at radius 3 is 2.33 bits per heavy atom. The molecule has 0 radical (unpaired) electrons. The Morgan fingerprint density at radius 1 is 0.972 bits per heavy atom. The van der Waals surface area contributed by atoms with E-state index in [9.17, 15) is 9.18 Å². The maximum absolute atomic E-state index is 13.6. The number of hydrogen-bond acceptors (Lipinski definition) is 5. The number of halogens is 1. The zero-order chi connectivity index (χ0) is 25.4. The van der Waals surface area contributed by atoms with Crippen molar-refractivity contribution in [2.75, 3.05) is 38.2 Å². The van der Waals surface area contributed by atoms with Crippen LogP contribution in [0.1, 0.15) is 37.0 Å². The number of carbonyl (C=O) groups is 1. The van der Waals surface area contributed by atoms with Crippen LogP contribution in [0.4, 0.5) is 10.1 Å². The van der Waals surface area contributed by atoms with Crippen molar-refractivity contribution in [2.24, 2.45) is 0 Å². The number of benzene rings is 2. The highest BCUT2D eigenvalue weighted by molar-refractivity contribution is 5.94. The van der Waals surface area contributed by atoms with E-state index in [-0.39, 0.29) is 17.1 Å². The Labute approximate surface area is 210 Å². The number of hydrogen-bond donors (Lipinski definition) is 0. The summed E-state index contributed by atoms with van der Waals surface area (Å²) in [6.07, 6.45) is 0. The lowest BCUT2D eigenvalue weighted by atomic mass is 9.93. The molecule has 0 N–H and O–H groups in total. The van der Waals surface area contributed by atoms with Gasteiger partial charge >= 0.3 is 0 Å². The van der Waals surface area contributed by atoms with Gasteiger partial charge in [-0.3, -0.25) is 4.79 Å². The smallest absolute Gasteiger partial charge is 0.272 e. The zero-order valence-electron chi connectivity index (χ0n) is 21.0. The van der Waals surface area contributed by atoms with Gasteiger partial charge in [-0.25, -0.2) is 13.9 Å². The van der Waals surface area contributed by atoms with Crippen LogP contribution >= 0.6 is 0 Å². The number of methoxy groups -OCH3 is 1. The first-order chi connectivity index (χ1) is 17.2. The molecule has 0 atom stereocenters. The summed E-state index contributed by atoms with van der Waals surface area (Å²) in [4.78, 5) is 22.3. The first kappa shape index (κ1) is 23.8. The molecule has 0 bridgehead atoms. The fraction of sp³-hybridized carbons (Fsp3) is 0.321. The van der Waals surface area contributed by atoms with E-state index in [0.717, 1.165) is 22.7 Å². The number of piperazine rings is 1. The molecular weight excluding hydrogens is 457 g/mol. The van der Waals surface area contributed by atoms with E-state index < -0.39 is 0 Å². The van der Waals surface area contributed by atoms with Crippen molar-refractivity contribution in [3.05, 3.63) is 77.9 Å². The van der Waals surface area contributed by atoms with Crippen LogP contribution in [-0.4, -0.2) is 58.7 Å². The maximum Gasteiger partial charge on any atom is 0.272 e. The van der Waals surface area contributed by atoms with Gasteiger partial charge in [-0.2, -0.15) is 5.10 Å². The number of ether oxygens (including phenoxy) is 1. The molecule has 7 nitrogen and oxygen atoms in total. The molecule has 8 heteroatoms. The molecule has 1 aliphatic heterocycles. The van der Waals surface area contributed by atoms with Gasteiger partial charge in [0.15, 0.2) is 5.65 Å². The van der Waals surface area contributed by atoms with Gasteiger partial charge in [0.2, 0.25) is 0 Å². The lowest BCUT2D eigenvalue weighted by Gasteiger charge is -2.36. The first-order valence-electron chi connectivity index (χ1n) is 12.1. The average molecular weight is 488 g/mol. The Bertz CT molecular complexity index is 1400. The normalized spacial score (nSPS) is 14.4. The molecule has 0 spiro atoms.